The Bertz CT molecular complexity index is 279. The third-order valence-electron chi connectivity index (χ3n) is 0.955. The van der Waals surface area contributed by atoms with Gasteiger partial charge >= 0.3 is 8.25 Å². The van der Waals surface area contributed by atoms with E-state index >= 15 is 0 Å². The van der Waals surface area contributed by atoms with Crippen LogP contribution in [-0.2, 0) is 4.57 Å². The summed E-state index contributed by atoms with van der Waals surface area (Å²) in [6, 6.07) is 3.56. The first-order valence-corrected chi connectivity index (χ1v) is 5.35. The molecular weight excluding hydrogens is 311 g/mol. The summed E-state index contributed by atoms with van der Waals surface area (Å²) >= 11 is 0. The minimum Gasteiger partial charge on any atom is -0.326 e. The molecule has 0 fully saturated rings. The van der Waals surface area contributed by atoms with E-state index in [2.05, 4.69) is 19.9 Å². The van der Waals surface area contributed by atoms with Crippen LogP contribution >= 0.6 is 25.2 Å². The predicted octanol–water partition coefficient (Wildman–Crippen LogP) is 0.892. The van der Waals surface area contributed by atoms with Gasteiger partial charge in [0.15, 0.2) is 0 Å². The van der Waals surface area contributed by atoms with Crippen LogP contribution in [0.2, 0.25) is 0 Å². The Labute approximate surface area is 109 Å². The average Bonchev–Trinajstić information content (AvgIpc) is 2.34. The molecular formula is C8H12BrN4O3P. The second kappa shape index (κ2) is 14.8. The molecule has 0 aliphatic carbocycles. The molecule has 94 valence electrons. The molecule has 2 aromatic rings. The molecule has 0 radical (unpaired) electrons. The summed E-state index contributed by atoms with van der Waals surface area (Å²) in [7, 11) is -3.13. The van der Waals surface area contributed by atoms with Crippen molar-refractivity contribution in [2.24, 2.45) is 0 Å². The topological polar surface area (TPSA) is 109 Å². The molecule has 2 N–H and O–H groups in total. The Hall–Kier alpha value is -1.21. The molecule has 0 aliphatic rings. The van der Waals surface area contributed by atoms with Gasteiger partial charge in [0.05, 0.1) is 0 Å². The molecule has 9 heteroatoms. The van der Waals surface area contributed by atoms with Gasteiger partial charge in [-0.25, -0.2) is 19.9 Å². The molecule has 0 aliphatic heterocycles. The molecule has 0 unspecified atom stereocenters. The van der Waals surface area contributed by atoms with E-state index in [-0.39, 0.29) is 17.0 Å². The molecule has 0 atom stereocenters. The number of hydrogen-bond donors (Lipinski definition) is 2. The number of halogens is 1. The lowest BCUT2D eigenvalue weighted by molar-refractivity contribution is 0.405. The largest absolute Gasteiger partial charge is 0.326 e. The fraction of sp³-hybridized carbons (Fsp3) is 0. The van der Waals surface area contributed by atoms with Crippen molar-refractivity contribution < 1.29 is 14.4 Å². The monoisotopic (exact) mass is 322 g/mol. The Balaban J connectivity index is 0. The Kier molecular flexibility index (Phi) is 15.8. The third kappa shape index (κ3) is 20.8. The highest BCUT2D eigenvalue weighted by Crippen LogP contribution is 1.98. The van der Waals surface area contributed by atoms with E-state index in [1.807, 2.05) is 0 Å². The molecule has 7 nitrogen and oxygen atoms in total. The van der Waals surface area contributed by atoms with Crippen LogP contribution in [0, 0.1) is 0 Å². The summed E-state index contributed by atoms with van der Waals surface area (Å²) < 4.78 is 8.74. The van der Waals surface area contributed by atoms with Crippen LogP contribution in [0.5, 0.6) is 0 Å². The third-order valence-corrected chi connectivity index (χ3v) is 0.955. The van der Waals surface area contributed by atoms with Gasteiger partial charge in [0, 0.05) is 24.8 Å². The minimum absolute atomic E-state index is 0. The maximum absolute atomic E-state index is 8.74. The summed E-state index contributed by atoms with van der Waals surface area (Å²) in [4.78, 5) is 29.0. The van der Waals surface area contributed by atoms with Crippen molar-refractivity contribution in [3.05, 3.63) is 49.6 Å². The predicted molar refractivity (Wildman–Crippen MR) is 67.8 cm³/mol. The standard InChI is InChI=1S/2C4H4N2.BrH.H3O3P/c2*1-2-5-4-6-3-1;;1-4(2)3/h2*1-4H;1H;4H,(H2,1,2,3). The van der Waals surface area contributed by atoms with Crippen molar-refractivity contribution in [2.45, 2.75) is 0 Å². The van der Waals surface area contributed by atoms with E-state index in [9.17, 15) is 0 Å². The molecule has 0 amide bonds. The quantitative estimate of drug-likeness (QED) is 0.693. The van der Waals surface area contributed by atoms with E-state index in [4.69, 9.17) is 14.4 Å². The van der Waals surface area contributed by atoms with Gasteiger partial charge in [0.25, 0.3) is 0 Å². The normalized spacial score (nSPS) is 7.71. The van der Waals surface area contributed by atoms with E-state index in [0.29, 0.717) is 0 Å². The first kappa shape index (κ1) is 18.2. The minimum atomic E-state index is -3.13. The van der Waals surface area contributed by atoms with Crippen molar-refractivity contribution in [1.82, 2.24) is 19.9 Å². The fourth-order valence-electron chi connectivity index (χ4n) is 0.507. The van der Waals surface area contributed by atoms with Gasteiger partial charge in [0.1, 0.15) is 12.7 Å². The summed E-state index contributed by atoms with van der Waals surface area (Å²) in [5, 5.41) is 0. The van der Waals surface area contributed by atoms with Gasteiger partial charge in [-0.2, -0.15) is 0 Å². The van der Waals surface area contributed by atoms with Crippen LogP contribution in [0.15, 0.2) is 49.6 Å². The van der Waals surface area contributed by atoms with Gasteiger partial charge in [-0.3, -0.25) is 4.57 Å². The van der Waals surface area contributed by atoms with Crippen LogP contribution in [0.3, 0.4) is 0 Å². The van der Waals surface area contributed by atoms with Crippen LogP contribution < -0.4 is 0 Å². The molecule has 2 rings (SSSR count). The number of rotatable bonds is 0. The number of aromatic nitrogens is 4. The average molecular weight is 323 g/mol. The highest BCUT2D eigenvalue weighted by Gasteiger charge is 1.61. The maximum Gasteiger partial charge on any atom is 0.314 e. The smallest absolute Gasteiger partial charge is 0.314 e. The lowest BCUT2D eigenvalue weighted by Crippen LogP contribution is -1.66. The van der Waals surface area contributed by atoms with Gasteiger partial charge in [-0.1, -0.05) is 0 Å². The van der Waals surface area contributed by atoms with Crippen LogP contribution in [-0.4, -0.2) is 29.7 Å². The van der Waals surface area contributed by atoms with Crippen molar-refractivity contribution in [1.29, 1.82) is 0 Å². The first-order valence-electron chi connectivity index (χ1n) is 4.05. The maximum atomic E-state index is 8.74. The van der Waals surface area contributed by atoms with Gasteiger partial charge < -0.3 is 9.79 Å². The second-order valence-corrected chi connectivity index (χ2v) is 2.66. The van der Waals surface area contributed by atoms with Gasteiger partial charge in [0.2, 0.25) is 0 Å². The molecule has 0 saturated heterocycles. The lowest BCUT2D eigenvalue weighted by Gasteiger charge is -1.70. The molecule has 2 aromatic heterocycles. The van der Waals surface area contributed by atoms with Crippen LogP contribution in [0.1, 0.15) is 0 Å². The molecule has 0 spiro atoms. The van der Waals surface area contributed by atoms with E-state index < -0.39 is 8.25 Å². The van der Waals surface area contributed by atoms with Gasteiger partial charge in [-0.15, -0.1) is 17.0 Å². The Morgan fingerprint density at radius 3 is 1.06 bits per heavy atom. The first-order chi connectivity index (χ1) is 7.73. The lowest BCUT2D eigenvalue weighted by atomic mass is 10.7. The molecule has 0 aromatic carbocycles. The summed E-state index contributed by atoms with van der Waals surface area (Å²) in [6.07, 6.45) is 9.75. The molecule has 0 bridgehead atoms. The van der Waals surface area contributed by atoms with E-state index in [0.717, 1.165) is 0 Å². The SMILES string of the molecule is Br.O=[PH](O)O.c1cncnc1.c1cncnc1. The number of hydrogen-bond acceptors (Lipinski definition) is 5. The van der Waals surface area contributed by atoms with E-state index in [1.54, 1.807) is 36.9 Å². The van der Waals surface area contributed by atoms with Crippen molar-refractivity contribution in [3.8, 4) is 0 Å². The zero-order valence-corrected chi connectivity index (χ0v) is 11.3. The van der Waals surface area contributed by atoms with Crippen LogP contribution in [0.25, 0.3) is 0 Å². The molecule has 2 heterocycles. The number of nitrogens with zero attached hydrogens (tertiary/aromatic N) is 4. The summed E-state index contributed by atoms with van der Waals surface area (Å²) in [5.41, 5.74) is 0. The van der Waals surface area contributed by atoms with Gasteiger partial charge in [-0.05, 0) is 12.1 Å². The van der Waals surface area contributed by atoms with Crippen molar-refractivity contribution >= 4 is 25.2 Å². The zero-order chi connectivity index (χ0) is 12.1. The Morgan fingerprint density at radius 2 is 1.00 bits per heavy atom. The Morgan fingerprint density at radius 1 is 0.765 bits per heavy atom. The van der Waals surface area contributed by atoms with E-state index in [1.165, 1.54) is 12.7 Å². The van der Waals surface area contributed by atoms with Crippen molar-refractivity contribution in [3.63, 3.8) is 0 Å². The molecule has 0 saturated carbocycles. The fourth-order valence-corrected chi connectivity index (χ4v) is 0.507. The van der Waals surface area contributed by atoms with Crippen LogP contribution in [0.4, 0.5) is 0 Å². The second-order valence-electron chi connectivity index (χ2n) is 2.09. The highest BCUT2D eigenvalue weighted by atomic mass is 79.9. The van der Waals surface area contributed by atoms with Crippen molar-refractivity contribution in [2.75, 3.05) is 0 Å². The summed E-state index contributed by atoms with van der Waals surface area (Å²) in [5.74, 6) is 0. The molecule has 17 heavy (non-hydrogen) atoms. The zero-order valence-electron chi connectivity index (χ0n) is 8.62. The summed E-state index contributed by atoms with van der Waals surface area (Å²) in [6.45, 7) is 0. The highest BCUT2D eigenvalue weighted by molar-refractivity contribution is 8.93.